The lowest BCUT2D eigenvalue weighted by Crippen LogP contribution is -2.60. The molecular weight excluding hydrogens is 412 g/mol. The van der Waals surface area contributed by atoms with Crippen molar-refractivity contribution in [2.75, 3.05) is 7.11 Å². The number of hydrogen-bond donors (Lipinski definition) is 0. The highest BCUT2D eigenvalue weighted by atomic mass is 16.5. The smallest absolute Gasteiger partial charge is 0.305 e. The molecule has 4 aliphatic carbocycles. The van der Waals surface area contributed by atoms with Crippen LogP contribution in [0.25, 0.3) is 0 Å². The molecule has 186 valence electrons. The van der Waals surface area contributed by atoms with Gasteiger partial charge in [-0.15, -0.1) is 0 Å². The average molecular weight is 459 g/mol. The van der Waals surface area contributed by atoms with Crippen LogP contribution >= 0.6 is 0 Å². The second kappa shape index (κ2) is 9.11. The normalized spacial score (nSPS) is 45.3. The second-order valence-corrected chi connectivity index (χ2v) is 12.7. The Morgan fingerprint density at radius 1 is 0.970 bits per heavy atom. The van der Waals surface area contributed by atoms with Crippen molar-refractivity contribution in [2.45, 2.75) is 98.8 Å². The minimum Gasteiger partial charge on any atom is -0.469 e. The van der Waals surface area contributed by atoms with Crippen molar-refractivity contribution in [3.8, 4) is 0 Å². The number of rotatable bonds is 6. The fraction of sp³-hybridized carbons (Fsp3) is 0.897. The second-order valence-electron chi connectivity index (χ2n) is 12.7. The van der Waals surface area contributed by atoms with E-state index in [4.69, 9.17) is 4.74 Å². The van der Waals surface area contributed by atoms with E-state index in [1.165, 1.54) is 32.8 Å². The van der Waals surface area contributed by atoms with Gasteiger partial charge in [0.05, 0.1) is 7.11 Å². The van der Waals surface area contributed by atoms with Gasteiger partial charge in [-0.3, -0.25) is 14.4 Å². The quantitative estimate of drug-likeness (QED) is 0.441. The lowest BCUT2D eigenvalue weighted by Gasteiger charge is -2.64. The lowest BCUT2D eigenvalue weighted by molar-refractivity contribution is -0.175. The molecule has 0 bridgehead atoms. The summed E-state index contributed by atoms with van der Waals surface area (Å²) in [5, 5.41) is 0. The highest BCUT2D eigenvalue weighted by Crippen LogP contribution is 2.71. The predicted molar refractivity (Wildman–Crippen MR) is 129 cm³/mol. The van der Waals surface area contributed by atoms with Gasteiger partial charge in [0.2, 0.25) is 0 Å². The van der Waals surface area contributed by atoms with E-state index in [-0.39, 0.29) is 28.6 Å². The van der Waals surface area contributed by atoms with Gasteiger partial charge in [0.15, 0.2) is 0 Å². The number of ether oxygens (including phenoxy) is 1. The largest absolute Gasteiger partial charge is 0.469 e. The Kier molecular flexibility index (Phi) is 6.88. The number of fused-ring (bicyclic) bond motifs is 5. The zero-order valence-electron chi connectivity index (χ0n) is 21.8. The van der Waals surface area contributed by atoms with Crippen LogP contribution in [-0.4, -0.2) is 24.6 Å². The third kappa shape index (κ3) is 3.92. The monoisotopic (exact) mass is 458 g/mol. The van der Waals surface area contributed by atoms with E-state index in [1.54, 1.807) is 0 Å². The molecular formula is C29H46O4. The number of Topliss-reactive ketones (excluding diaryl/α,β-unsaturated/α-hetero) is 2. The first-order chi connectivity index (χ1) is 15.6. The van der Waals surface area contributed by atoms with Gasteiger partial charge in [0.25, 0.3) is 0 Å². The van der Waals surface area contributed by atoms with Gasteiger partial charge in [-0.2, -0.15) is 0 Å². The highest BCUT2D eigenvalue weighted by molar-refractivity contribution is 5.81. The van der Waals surface area contributed by atoms with Crippen LogP contribution in [-0.2, 0) is 19.1 Å². The Balaban J connectivity index is 1.71. The van der Waals surface area contributed by atoms with Crippen molar-refractivity contribution in [2.24, 2.45) is 58.2 Å². The topological polar surface area (TPSA) is 60.4 Å². The molecule has 0 amide bonds. The first-order valence-electron chi connectivity index (χ1n) is 13.6. The Hall–Kier alpha value is -1.19. The van der Waals surface area contributed by atoms with Crippen molar-refractivity contribution < 1.29 is 19.1 Å². The van der Waals surface area contributed by atoms with E-state index < -0.39 is 0 Å². The summed E-state index contributed by atoms with van der Waals surface area (Å²) in [6, 6.07) is 0. The van der Waals surface area contributed by atoms with Crippen molar-refractivity contribution >= 4 is 17.5 Å². The fourth-order valence-corrected chi connectivity index (χ4v) is 9.95. The third-order valence-electron chi connectivity index (χ3n) is 11.6. The highest BCUT2D eigenvalue weighted by Gasteiger charge is 2.66. The Morgan fingerprint density at radius 3 is 2.33 bits per heavy atom. The first kappa shape index (κ1) is 24.9. The van der Waals surface area contributed by atoms with Crippen molar-refractivity contribution in [3.63, 3.8) is 0 Å². The summed E-state index contributed by atoms with van der Waals surface area (Å²) < 4.78 is 4.90. The SMILES string of the molecule is COC(=O)CC[C@@H](C)[C@H]1CC[C@H]2[C@@H]3C(C(C)=O)CC4CCCC[C@]4(C)[C@H]3CC(C(C)=O)[C@]12C. The van der Waals surface area contributed by atoms with Gasteiger partial charge in [-0.25, -0.2) is 0 Å². The third-order valence-corrected chi connectivity index (χ3v) is 11.6. The molecule has 0 radical (unpaired) electrons. The Labute approximate surface area is 201 Å². The summed E-state index contributed by atoms with van der Waals surface area (Å²) in [7, 11) is 1.46. The van der Waals surface area contributed by atoms with Crippen LogP contribution in [0.4, 0.5) is 0 Å². The molecule has 3 unspecified atom stereocenters. The number of carbonyl (C=O) groups is 3. The van der Waals surface area contributed by atoms with E-state index >= 15 is 0 Å². The molecule has 0 aromatic heterocycles. The van der Waals surface area contributed by atoms with Crippen molar-refractivity contribution in [1.82, 2.24) is 0 Å². The number of esters is 1. The molecule has 4 heteroatoms. The maximum Gasteiger partial charge on any atom is 0.305 e. The standard InChI is InChI=1S/C29H46O4/c1-17(10-13-26(32)33-6)22-11-12-23-27-21(18(2)30)15-20-9-7-8-14-28(20,4)25(27)16-24(19(3)31)29(22,23)5/h17,20-25,27H,7-16H2,1-6H3/t17-,20?,21?,22-,23+,24?,25+,27+,28+,29-/m1/s1. The minimum atomic E-state index is -0.145. The maximum absolute atomic E-state index is 13.2. The molecule has 0 N–H and O–H groups in total. The number of hydrogen-bond acceptors (Lipinski definition) is 4. The van der Waals surface area contributed by atoms with E-state index in [9.17, 15) is 14.4 Å². The van der Waals surface area contributed by atoms with E-state index in [2.05, 4.69) is 20.8 Å². The first-order valence-corrected chi connectivity index (χ1v) is 13.6. The summed E-state index contributed by atoms with van der Waals surface area (Å²) in [5.74, 6) is 3.57. The number of ketones is 2. The molecule has 4 nitrogen and oxygen atoms in total. The van der Waals surface area contributed by atoms with Gasteiger partial charge in [0.1, 0.15) is 11.6 Å². The average Bonchev–Trinajstić information content (AvgIpc) is 3.13. The Bertz CT molecular complexity index is 788. The van der Waals surface area contributed by atoms with Crippen LogP contribution < -0.4 is 0 Å². The van der Waals surface area contributed by atoms with E-state index in [1.807, 2.05) is 13.8 Å². The van der Waals surface area contributed by atoms with Crippen LogP contribution in [0.3, 0.4) is 0 Å². The summed E-state index contributed by atoms with van der Waals surface area (Å²) in [6.07, 6.45) is 10.6. The molecule has 0 aromatic carbocycles. The molecule has 0 heterocycles. The molecule has 0 spiro atoms. The van der Waals surface area contributed by atoms with E-state index in [0.717, 1.165) is 32.1 Å². The summed E-state index contributed by atoms with van der Waals surface area (Å²) in [4.78, 5) is 38.1. The summed E-state index contributed by atoms with van der Waals surface area (Å²) >= 11 is 0. The van der Waals surface area contributed by atoms with Crippen molar-refractivity contribution in [1.29, 1.82) is 0 Å². The molecule has 33 heavy (non-hydrogen) atoms. The van der Waals surface area contributed by atoms with E-state index in [0.29, 0.717) is 53.5 Å². The molecule has 0 saturated heterocycles. The number of carbonyl (C=O) groups excluding carboxylic acids is 3. The van der Waals surface area contributed by atoms with Gasteiger partial charge >= 0.3 is 5.97 Å². The molecule has 4 aliphatic rings. The molecule has 4 rings (SSSR count). The fourth-order valence-electron chi connectivity index (χ4n) is 9.95. The van der Waals surface area contributed by atoms with Gasteiger partial charge in [0, 0.05) is 18.3 Å². The summed E-state index contributed by atoms with van der Waals surface area (Å²) in [6.45, 7) is 10.8. The lowest BCUT2D eigenvalue weighted by atomic mass is 9.39. The van der Waals surface area contributed by atoms with Crippen LogP contribution in [0.1, 0.15) is 98.8 Å². The zero-order chi connectivity index (χ0) is 24.1. The maximum atomic E-state index is 13.2. The van der Waals surface area contributed by atoms with Gasteiger partial charge in [-0.1, -0.05) is 33.6 Å². The predicted octanol–water partition coefficient (Wildman–Crippen LogP) is 6.25. The van der Waals surface area contributed by atoms with Gasteiger partial charge < -0.3 is 4.74 Å². The zero-order valence-corrected chi connectivity index (χ0v) is 21.8. The summed E-state index contributed by atoms with van der Waals surface area (Å²) in [5.41, 5.74) is 0.201. The minimum absolute atomic E-state index is 0.0712. The molecule has 4 fully saturated rings. The molecule has 0 aromatic rings. The molecule has 0 aliphatic heterocycles. The van der Waals surface area contributed by atoms with Crippen LogP contribution in [0.2, 0.25) is 0 Å². The van der Waals surface area contributed by atoms with Crippen LogP contribution in [0, 0.1) is 58.2 Å². The van der Waals surface area contributed by atoms with Crippen LogP contribution in [0.5, 0.6) is 0 Å². The van der Waals surface area contributed by atoms with Gasteiger partial charge in [-0.05, 0) is 105 Å². The Morgan fingerprint density at radius 2 is 1.70 bits per heavy atom. The van der Waals surface area contributed by atoms with Crippen LogP contribution in [0.15, 0.2) is 0 Å². The number of methoxy groups -OCH3 is 1. The molecule has 10 atom stereocenters. The molecule has 4 saturated carbocycles. The van der Waals surface area contributed by atoms with Crippen molar-refractivity contribution in [3.05, 3.63) is 0 Å².